The Kier molecular flexibility index (Phi) is 3.94. The molecule has 0 radical (unpaired) electrons. The number of aromatic nitrogens is 1. The van der Waals surface area contributed by atoms with Crippen molar-refractivity contribution in [1.29, 1.82) is 0 Å². The maximum absolute atomic E-state index is 13.2. The Morgan fingerprint density at radius 1 is 1.37 bits per heavy atom. The Labute approximate surface area is 110 Å². The highest BCUT2D eigenvalue weighted by Gasteiger charge is 2.19. The lowest BCUT2D eigenvalue weighted by Crippen LogP contribution is -2.31. The molecule has 0 spiro atoms. The van der Waals surface area contributed by atoms with Crippen LogP contribution in [0.2, 0.25) is 0 Å². The van der Waals surface area contributed by atoms with Gasteiger partial charge in [-0.25, -0.2) is 4.39 Å². The Bertz CT molecular complexity index is 619. The lowest BCUT2D eigenvalue weighted by molar-refractivity contribution is -0.117. The number of amides is 1. The van der Waals surface area contributed by atoms with Crippen LogP contribution in [0.1, 0.15) is 30.1 Å². The molecular formula is C14H15FN2O2. The number of H-pyrrole nitrogens is 1. The zero-order valence-corrected chi connectivity index (χ0v) is 10.6. The summed E-state index contributed by atoms with van der Waals surface area (Å²) in [6, 6.07) is 4.09. The van der Waals surface area contributed by atoms with Gasteiger partial charge in [0, 0.05) is 23.6 Å². The minimum Gasteiger partial charge on any atom is -0.360 e. The normalized spacial score (nSPS) is 10.6. The van der Waals surface area contributed by atoms with Crippen LogP contribution in [0.4, 0.5) is 4.39 Å². The smallest absolute Gasteiger partial charge is 0.292 e. The first-order chi connectivity index (χ1) is 9.13. The number of nitrogens with one attached hydrogen (secondary N) is 2. The Balaban J connectivity index is 2.21. The number of carbonyl (C=O) groups is 2. The molecule has 100 valence electrons. The number of ketones is 1. The summed E-state index contributed by atoms with van der Waals surface area (Å²) in [6.45, 7) is 2.47. The first-order valence-electron chi connectivity index (χ1n) is 6.22. The van der Waals surface area contributed by atoms with Crippen LogP contribution in [0, 0.1) is 5.82 Å². The molecule has 5 heteroatoms. The van der Waals surface area contributed by atoms with Gasteiger partial charge in [0.25, 0.3) is 11.7 Å². The van der Waals surface area contributed by atoms with Gasteiger partial charge in [-0.3, -0.25) is 9.59 Å². The third-order valence-electron chi connectivity index (χ3n) is 2.91. The van der Waals surface area contributed by atoms with Crippen LogP contribution in [0.15, 0.2) is 24.4 Å². The Hall–Kier alpha value is -2.17. The second kappa shape index (κ2) is 5.65. The van der Waals surface area contributed by atoms with Crippen molar-refractivity contribution >= 4 is 22.6 Å². The number of Topliss-reactive ketones (excluding diaryl/α,β-unsaturated/α-hetero) is 1. The summed E-state index contributed by atoms with van der Waals surface area (Å²) in [4.78, 5) is 26.5. The summed E-state index contributed by atoms with van der Waals surface area (Å²) >= 11 is 0. The van der Waals surface area contributed by atoms with Gasteiger partial charge in [0.1, 0.15) is 5.82 Å². The molecule has 2 rings (SSSR count). The van der Waals surface area contributed by atoms with Crippen LogP contribution in [0.5, 0.6) is 0 Å². The molecule has 0 bridgehead atoms. The molecule has 1 amide bonds. The molecule has 1 heterocycles. The van der Waals surface area contributed by atoms with Gasteiger partial charge in [-0.1, -0.05) is 13.3 Å². The monoisotopic (exact) mass is 262 g/mol. The lowest BCUT2D eigenvalue weighted by atomic mass is 10.1. The van der Waals surface area contributed by atoms with Gasteiger partial charge >= 0.3 is 0 Å². The van der Waals surface area contributed by atoms with E-state index in [2.05, 4.69) is 10.3 Å². The van der Waals surface area contributed by atoms with Crippen LogP contribution in [0.3, 0.4) is 0 Å². The van der Waals surface area contributed by atoms with Crippen LogP contribution in [0.25, 0.3) is 10.9 Å². The van der Waals surface area contributed by atoms with Crippen molar-refractivity contribution in [1.82, 2.24) is 10.3 Å². The standard InChI is InChI=1S/C14H15FN2O2/c1-2-3-6-16-14(19)13(18)11-8-17-12-5-4-9(15)7-10(11)12/h4-5,7-8,17H,2-3,6H2,1H3,(H,16,19). The van der Waals surface area contributed by atoms with Crippen molar-refractivity contribution in [3.8, 4) is 0 Å². The molecule has 0 aliphatic heterocycles. The van der Waals surface area contributed by atoms with Crippen molar-refractivity contribution in [2.75, 3.05) is 6.54 Å². The molecule has 0 aliphatic carbocycles. The van der Waals surface area contributed by atoms with E-state index in [1.807, 2.05) is 6.92 Å². The lowest BCUT2D eigenvalue weighted by Gasteiger charge is -2.02. The van der Waals surface area contributed by atoms with E-state index in [1.165, 1.54) is 24.4 Å². The SMILES string of the molecule is CCCCNC(=O)C(=O)c1c[nH]c2ccc(F)cc12. The van der Waals surface area contributed by atoms with Crippen molar-refractivity contribution in [2.45, 2.75) is 19.8 Å². The van der Waals surface area contributed by atoms with Crippen molar-refractivity contribution in [2.24, 2.45) is 0 Å². The number of hydrogen-bond acceptors (Lipinski definition) is 2. The maximum atomic E-state index is 13.2. The quantitative estimate of drug-likeness (QED) is 0.494. The summed E-state index contributed by atoms with van der Waals surface area (Å²) < 4.78 is 13.2. The minimum atomic E-state index is -0.654. The first kappa shape index (κ1) is 13.3. The number of hydrogen-bond donors (Lipinski definition) is 2. The van der Waals surface area contributed by atoms with Gasteiger partial charge in [0.2, 0.25) is 0 Å². The molecule has 0 aliphatic rings. The van der Waals surface area contributed by atoms with Gasteiger partial charge < -0.3 is 10.3 Å². The van der Waals surface area contributed by atoms with Gasteiger partial charge in [0.15, 0.2) is 0 Å². The summed E-state index contributed by atoms with van der Waals surface area (Å²) in [5, 5.41) is 2.98. The maximum Gasteiger partial charge on any atom is 0.292 e. The van der Waals surface area contributed by atoms with Crippen LogP contribution >= 0.6 is 0 Å². The number of carbonyl (C=O) groups excluding carboxylic acids is 2. The second-order valence-electron chi connectivity index (χ2n) is 4.33. The molecule has 1 aromatic carbocycles. The third kappa shape index (κ3) is 2.81. The highest BCUT2D eigenvalue weighted by molar-refractivity contribution is 6.44. The van der Waals surface area contributed by atoms with Crippen LogP contribution in [-0.4, -0.2) is 23.2 Å². The van der Waals surface area contributed by atoms with E-state index in [1.54, 1.807) is 0 Å². The molecular weight excluding hydrogens is 247 g/mol. The van der Waals surface area contributed by atoms with Gasteiger partial charge in [-0.05, 0) is 24.6 Å². The van der Waals surface area contributed by atoms with E-state index in [9.17, 15) is 14.0 Å². The van der Waals surface area contributed by atoms with Gasteiger partial charge in [-0.15, -0.1) is 0 Å². The molecule has 0 atom stereocenters. The topological polar surface area (TPSA) is 62.0 Å². The van der Waals surface area contributed by atoms with Crippen molar-refractivity contribution in [3.63, 3.8) is 0 Å². The number of unbranched alkanes of at least 4 members (excludes halogenated alkanes) is 1. The highest BCUT2D eigenvalue weighted by Crippen LogP contribution is 2.19. The zero-order valence-electron chi connectivity index (χ0n) is 10.6. The van der Waals surface area contributed by atoms with E-state index < -0.39 is 17.5 Å². The summed E-state index contributed by atoms with van der Waals surface area (Å²) in [7, 11) is 0. The molecule has 0 unspecified atom stereocenters. The largest absolute Gasteiger partial charge is 0.360 e. The Morgan fingerprint density at radius 2 is 2.16 bits per heavy atom. The van der Waals surface area contributed by atoms with Gasteiger partial charge in [0.05, 0.1) is 5.56 Å². The second-order valence-corrected chi connectivity index (χ2v) is 4.33. The first-order valence-corrected chi connectivity index (χ1v) is 6.22. The summed E-state index contributed by atoms with van der Waals surface area (Å²) in [6.07, 6.45) is 3.19. The zero-order chi connectivity index (χ0) is 13.8. The molecule has 0 saturated heterocycles. The fourth-order valence-electron chi connectivity index (χ4n) is 1.86. The molecule has 4 nitrogen and oxygen atoms in total. The van der Waals surface area contributed by atoms with Crippen molar-refractivity contribution < 1.29 is 14.0 Å². The molecule has 0 saturated carbocycles. The molecule has 2 aromatic rings. The molecule has 2 N–H and O–H groups in total. The van der Waals surface area contributed by atoms with E-state index in [4.69, 9.17) is 0 Å². The minimum absolute atomic E-state index is 0.198. The van der Waals surface area contributed by atoms with E-state index in [-0.39, 0.29) is 5.56 Å². The summed E-state index contributed by atoms with van der Waals surface area (Å²) in [5.41, 5.74) is 0.828. The molecule has 19 heavy (non-hydrogen) atoms. The predicted octanol–water partition coefficient (Wildman–Crippen LogP) is 2.41. The highest BCUT2D eigenvalue weighted by atomic mass is 19.1. The van der Waals surface area contributed by atoms with Crippen LogP contribution < -0.4 is 5.32 Å². The third-order valence-corrected chi connectivity index (χ3v) is 2.91. The predicted molar refractivity (Wildman–Crippen MR) is 70.5 cm³/mol. The average molecular weight is 262 g/mol. The number of fused-ring (bicyclic) bond motifs is 1. The van der Waals surface area contributed by atoms with E-state index in [0.29, 0.717) is 17.4 Å². The molecule has 0 fully saturated rings. The Morgan fingerprint density at radius 3 is 2.89 bits per heavy atom. The van der Waals surface area contributed by atoms with E-state index >= 15 is 0 Å². The van der Waals surface area contributed by atoms with Gasteiger partial charge in [-0.2, -0.15) is 0 Å². The number of halogens is 1. The fourth-order valence-corrected chi connectivity index (χ4v) is 1.86. The van der Waals surface area contributed by atoms with E-state index in [0.717, 1.165) is 12.8 Å². The fraction of sp³-hybridized carbons (Fsp3) is 0.286. The summed E-state index contributed by atoms with van der Waals surface area (Å²) in [5.74, 6) is -1.74. The number of benzene rings is 1. The van der Waals surface area contributed by atoms with Crippen LogP contribution in [-0.2, 0) is 4.79 Å². The van der Waals surface area contributed by atoms with Crippen molar-refractivity contribution in [3.05, 3.63) is 35.8 Å². The average Bonchev–Trinajstić information content (AvgIpc) is 2.80. The number of rotatable bonds is 5. The number of aromatic amines is 1. The molecule has 1 aromatic heterocycles.